The lowest BCUT2D eigenvalue weighted by molar-refractivity contribution is -0.135. The quantitative estimate of drug-likeness (QED) is 0.690. The summed E-state index contributed by atoms with van der Waals surface area (Å²) in [7, 11) is 0. The minimum absolute atomic E-state index is 0.223. The Balaban J connectivity index is 1.62. The van der Waals surface area contributed by atoms with Crippen LogP contribution in [0.4, 0.5) is 4.79 Å². The normalized spacial score (nSPS) is 22.1. The molecule has 0 saturated carbocycles. The van der Waals surface area contributed by atoms with E-state index in [1.807, 2.05) is 24.3 Å². The lowest BCUT2D eigenvalue weighted by atomic mass is 9.92. The van der Waals surface area contributed by atoms with Gasteiger partial charge >= 0.3 is 6.03 Å². The van der Waals surface area contributed by atoms with Crippen molar-refractivity contribution in [3.63, 3.8) is 0 Å². The van der Waals surface area contributed by atoms with Gasteiger partial charge in [0, 0.05) is 6.54 Å². The first-order valence-electron chi connectivity index (χ1n) is 10.0. The molecule has 1 spiro atoms. The van der Waals surface area contributed by atoms with Gasteiger partial charge in [0.05, 0.1) is 0 Å². The third-order valence-corrected chi connectivity index (χ3v) is 5.86. The number of hydrogen-bond acceptors (Lipinski definition) is 3. The van der Waals surface area contributed by atoms with Crippen molar-refractivity contribution in [2.45, 2.75) is 57.9 Å². The summed E-state index contributed by atoms with van der Waals surface area (Å²) in [5.74, 6) is -0.160. The zero-order valence-electron chi connectivity index (χ0n) is 16.2. The van der Waals surface area contributed by atoms with E-state index in [-0.39, 0.29) is 18.4 Å². The Hall–Kier alpha value is -2.37. The molecule has 2 N–H and O–H groups in total. The number of nitrogens with zero attached hydrogens (tertiary/aromatic N) is 1. The van der Waals surface area contributed by atoms with E-state index < -0.39 is 11.6 Å². The number of unbranched alkanes of at least 4 members (excludes halogenated alkanes) is 1. The summed E-state index contributed by atoms with van der Waals surface area (Å²) >= 11 is 0. The summed E-state index contributed by atoms with van der Waals surface area (Å²) in [6, 6.07) is 7.21. The van der Waals surface area contributed by atoms with Crippen molar-refractivity contribution < 1.29 is 14.4 Å². The molecule has 0 aromatic heterocycles. The Morgan fingerprint density at radius 1 is 1.30 bits per heavy atom. The van der Waals surface area contributed by atoms with Crippen LogP contribution in [0.3, 0.4) is 0 Å². The smallest absolute Gasteiger partial charge is 0.325 e. The second kappa shape index (κ2) is 8.11. The van der Waals surface area contributed by atoms with Gasteiger partial charge in [-0.1, -0.05) is 57.4 Å². The lowest BCUT2D eigenvalue weighted by Crippen LogP contribution is -2.44. The molecule has 2 aliphatic rings. The minimum Gasteiger partial charge on any atom is -0.354 e. The average Bonchev–Trinajstić information content (AvgIpc) is 3.15. The summed E-state index contributed by atoms with van der Waals surface area (Å²) in [4.78, 5) is 38.9. The molecule has 4 amide bonds. The van der Waals surface area contributed by atoms with Gasteiger partial charge in [0.25, 0.3) is 5.91 Å². The van der Waals surface area contributed by atoms with Crippen LogP contribution in [0.25, 0.3) is 0 Å². The van der Waals surface area contributed by atoms with Crippen LogP contribution in [0.5, 0.6) is 0 Å². The third-order valence-electron chi connectivity index (χ3n) is 5.86. The second-order valence-corrected chi connectivity index (χ2v) is 7.60. The van der Waals surface area contributed by atoms with Gasteiger partial charge in [-0.3, -0.25) is 14.5 Å². The number of carbonyl (C=O) groups excluding carboxylic acids is 3. The van der Waals surface area contributed by atoms with Crippen LogP contribution in [0.15, 0.2) is 24.3 Å². The first kappa shape index (κ1) is 19.4. The summed E-state index contributed by atoms with van der Waals surface area (Å²) in [6.45, 7) is 4.64. The highest BCUT2D eigenvalue weighted by atomic mass is 16.2. The number of hydrogen-bond donors (Lipinski definition) is 2. The lowest BCUT2D eigenvalue weighted by Gasteiger charge is -2.22. The molecule has 1 fully saturated rings. The molecule has 27 heavy (non-hydrogen) atoms. The zero-order valence-corrected chi connectivity index (χ0v) is 16.2. The van der Waals surface area contributed by atoms with Gasteiger partial charge in [-0.05, 0) is 36.3 Å². The molecular formula is C21H29N3O3. The van der Waals surface area contributed by atoms with Gasteiger partial charge < -0.3 is 10.6 Å². The third kappa shape index (κ3) is 3.70. The predicted molar refractivity (Wildman–Crippen MR) is 103 cm³/mol. The standard InChI is InChI=1S/C21H29N3O3/c1-3-5-8-15(4-2)13-22-18(25)14-24-19(26)21(23-20(24)27)12-11-16-9-6-7-10-17(16)21/h6-7,9-10,15H,3-5,8,11-14H2,1-2H3,(H,22,25)(H,23,27)/t15-,21-/m0/s1. The van der Waals surface area contributed by atoms with Crippen molar-refractivity contribution in [3.8, 4) is 0 Å². The van der Waals surface area contributed by atoms with Crippen LogP contribution in [-0.4, -0.2) is 35.8 Å². The number of imide groups is 1. The highest BCUT2D eigenvalue weighted by Gasteiger charge is 2.55. The number of aryl methyl sites for hydroxylation is 1. The monoisotopic (exact) mass is 371 g/mol. The van der Waals surface area contributed by atoms with Gasteiger partial charge in [0.1, 0.15) is 12.1 Å². The molecule has 0 bridgehead atoms. The molecule has 1 heterocycles. The Bertz CT molecular complexity index is 733. The van der Waals surface area contributed by atoms with Crippen molar-refractivity contribution in [1.29, 1.82) is 0 Å². The zero-order chi connectivity index (χ0) is 19.4. The Morgan fingerprint density at radius 2 is 2.07 bits per heavy atom. The number of fused-ring (bicyclic) bond motifs is 2. The maximum Gasteiger partial charge on any atom is 0.325 e. The molecule has 6 nitrogen and oxygen atoms in total. The van der Waals surface area contributed by atoms with Crippen molar-refractivity contribution in [2.24, 2.45) is 5.92 Å². The fourth-order valence-corrected chi connectivity index (χ4v) is 4.13. The highest BCUT2D eigenvalue weighted by Crippen LogP contribution is 2.41. The Labute approximate surface area is 160 Å². The van der Waals surface area contributed by atoms with Gasteiger partial charge in [0.2, 0.25) is 5.91 Å². The maximum atomic E-state index is 13.0. The molecule has 1 aromatic carbocycles. The van der Waals surface area contributed by atoms with E-state index in [4.69, 9.17) is 0 Å². The number of rotatable bonds is 8. The molecular weight excluding hydrogens is 342 g/mol. The molecule has 1 saturated heterocycles. The van der Waals surface area contributed by atoms with Gasteiger partial charge in [-0.15, -0.1) is 0 Å². The van der Waals surface area contributed by atoms with Crippen molar-refractivity contribution in [1.82, 2.24) is 15.5 Å². The van der Waals surface area contributed by atoms with E-state index >= 15 is 0 Å². The number of benzene rings is 1. The van der Waals surface area contributed by atoms with Gasteiger partial charge in [0.15, 0.2) is 0 Å². The van der Waals surface area contributed by atoms with E-state index in [0.29, 0.717) is 18.9 Å². The molecule has 2 atom stereocenters. The fraction of sp³-hybridized carbons (Fsp3) is 0.571. The average molecular weight is 371 g/mol. The van der Waals surface area contributed by atoms with Gasteiger partial charge in [-0.25, -0.2) is 4.79 Å². The maximum absolute atomic E-state index is 13.0. The van der Waals surface area contributed by atoms with Crippen LogP contribution in [0, 0.1) is 5.92 Å². The Kier molecular flexibility index (Phi) is 5.82. The van der Waals surface area contributed by atoms with Crippen LogP contribution in [0.2, 0.25) is 0 Å². The van der Waals surface area contributed by atoms with Crippen LogP contribution < -0.4 is 10.6 Å². The van der Waals surface area contributed by atoms with E-state index in [0.717, 1.165) is 48.1 Å². The first-order valence-corrected chi connectivity index (χ1v) is 10.0. The van der Waals surface area contributed by atoms with Crippen LogP contribution in [-0.2, 0) is 21.5 Å². The topological polar surface area (TPSA) is 78.5 Å². The van der Waals surface area contributed by atoms with Crippen molar-refractivity contribution in [3.05, 3.63) is 35.4 Å². The molecule has 146 valence electrons. The molecule has 0 unspecified atom stereocenters. The molecule has 3 rings (SSSR count). The molecule has 0 radical (unpaired) electrons. The summed E-state index contributed by atoms with van der Waals surface area (Å²) < 4.78 is 0. The number of amides is 4. The fourth-order valence-electron chi connectivity index (χ4n) is 4.13. The first-order chi connectivity index (χ1) is 13.0. The number of urea groups is 1. The molecule has 1 aliphatic heterocycles. The van der Waals surface area contributed by atoms with E-state index in [9.17, 15) is 14.4 Å². The molecule has 1 aliphatic carbocycles. The summed E-state index contributed by atoms with van der Waals surface area (Å²) in [5, 5.41) is 5.75. The van der Waals surface area contributed by atoms with Crippen LogP contribution in [0.1, 0.15) is 57.1 Å². The summed E-state index contributed by atoms with van der Waals surface area (Å²) in [5.41, 5.74) is 0.942. The summed E-state index contributed by atoms with van der Waals surface area (Å²) in [6.07, 6.45) is 5.65. The van der Waals surface area contributed by atoms with E-state index in [1.54, 1.807) is 0 Å². The van der Waals surface area contributed by atoms with Crippen molar-refractivity contribution in [2.75, 3.05) is 13.1 Å². The van der Waals surface area contributed by atoms with E-state index in [1.165, 1.54) is 0 Å². The van der Waals surface area contributed by atoms with E-state index in [2.05, 4.69) is 24.5 Å². The predicted octanol–water partition coefficient (Wildman–Crippen LogP) is 2.71. The number of nitrogens with one attached hydrogen (secondary N) is 2. The van der Waals surface area contributed by atoms with Crippen molar-refractivity contribution >= 4 is 17.8 Å². The second-order valence-electron chi connectivity index (χ2n) is 7.60. The largest absolute Gasteiger partial charge is 0.354 e. The highest BCUT2D eigenvalue weighted by molar-refractivity contribution is 6.09. The van der Waals surface area contributed by atoms with Gasteiger partial charge in [-0.2, -0.15) is 0 Å². The van der Waals surface area contributed by atoms with Crippen LogP contribution >= 0.6 is 0 Å². The SMILES string of the molecule is CCCC[C@H](CC)CNC(=O)CN1C(=O)N[C@]2(CCc3ccccc32)C1=O. The number of carbonyl (C=O) groups is 3. The Morgan fingerprint density at radius 3 is 2.81 bits per heavy atom. The minimum atomic E-state index is -0.999. The molecule has 1 aromatic rings. The molecule has 6 heteroatoms.